The van der Waals surface area contributed by atoms with Crippen LogP contribution in [0.4, 0.5) is 0 Å². The summed E-state index contributed by atoms with van der Waals surface area (Å²) in [6, 6.07) is 4.07. The first kappa shape index (κ1) is 9.03. The van der Waals surface area contributed by atoms with Crippen LogP contribution in [0.2, 0.25) is 0 Å². The molecule has 1 aliphatic rings. The predicted molar refractivity (Wildman–Crippen MR) is 56.1 cm³/mol. The third kappa shape index (κ3) is 1.58. The van der Waals surface area contributed by atoms with Gasteiger partial charge in [0.15, 0.2) is 0 Å². The van der Waals surface area contributed by atoms with Crippen molar-refractivity contribution in [3.05, 3.63) is 27.7 Å². The summed E-state index contributed by atoms with van der Waals surface area (Å²) in [5, 5.41) is 3.34. The average Bonchev–Trinajstić information content (AvgIpc) is 2.19. The van der Waals surface area contributed by atoms with E-state index in [0.29, 0.717) is 0 Å². The molecule has 1 heterocycles. The van der Waals surface area contributed by atoms with Crippen LogP contribution < -0.4 is 10.1 Å². The third-order valence-corrected chi connectivity index (χ3v) is 3.15. The van der Waals surface area contributed by atoms with Gasteiger partial charge < -0.3 is 10.1 Å². The van der Waals surface area contributed by atoms with E-state index >= 15 is 0 Å². The second kappa shape index (κ2) is 3.68. The summed E-state index contributed by atoms with van der Waals surface area (Å²) in [6.45, 7) is 1.97. The van der Waals surface area contributed by atoms with Crippen LogP contribution in [0.15, 0.2) is 16.6 Å². The highest BCUT2D eigenvalue weighted by molar-refractivity contribution is 9.10. The second-order valence-electron chi connectivity index (χ2n) is 3.13. The Kier molecular flexibility index (Phi) is 2.56. The van der Waals surface area contributed by atoms with Crippen LogP contribution in [0.5, 0.6) is 5.75 Å². The van der Waals surface area contributed by atoms with E-state index in [9.17, 15) is 0 Å². The number of hydrogen-bond acceptors (Lipinski definition) is 2. The SMILES string of the molecule is COc1ccc(Br)c2c1CNCC2. The Bertz CT molecular complexity index is 325. The van der Waals surface area contributed by atoms with Crippen LogP contribution in [0.3, 0.4) is 0 Å². The van der Waals surface area contributed by atoms with Gasteiger partial charge >= 0.3 is 0 Å². The van der Waals surface area contributed by atoms with E-state index in [-0.39, 0.29) is 0 Å². The minimum atomic E-state index is 0.915. The zero-order chi connectivity index (χ0) is 9.26. The summed E-state index contributed by atoms with van der Waals surface area (Å²) in [7, 11) is 1.72. The third-order valence-electron chi connectivity index (χ3n) is 2.40. The van der Waals surface area contributed by atoms with Crippen molar-refractivity contribution >= 4 is 15.9 Å². The molecular formula is C10H12BrNO. The number of nitrogens with one attached hydrogen (secondary N) is 1. The Morgan fingerprint density at radius 2 is 2.23 bits per heavy atom. The first-order valence-electron chi connectivity index (χ1n) is 4.38. The molecule has 0 amide bonds. The molecule has 1 aromatic rings. The van der Waals surface area contributed by atoms with Crippen LogP contribution in [-0.2, 0) is 13.0 Å². The highest BCUT2D eigenvalue weighted by Crippen LogP contribution is 2.30. The van der Waals surface area contributed by atoms with Crippen LogP contribution in [0, 0.1) is 0 Å². The molecule has 0 saturated carbocycles. The molecule has 0 saturated heterocycles. The predicted octanol–water partition coefficient (Wildman–Crippen LogP) is 2.10. The maximum absolute atomic E-state index is 5.31. The molecule has 1 aliphatic heterocycles. The van der Waals surface area contributed by atoms with Crippen molar-refractivity contribution in [2.24, 2.45) is 0 Å². The summed E-state index contributed by atoms with van der Waals surface area (Å²) >= 11 is 3.56. The van der Waals surface area contributed by atoms with Crippen LogP contribution in [0.1, 0.15) is 11.1 Å². The summed E-state index contributed by atoms with van der Waals surface area (Å²) in [5.74, 6) is 0.991. The van der Waals surface area contributed by atoms with Gasteiger partial charge in [-0.1, -0.05) is 15.9 Å². The summed E-state index contributed by atoms with van der Waals surface area (Å²) < 4.78 is 6.51. The minimum Gasteiger partial charge on any atom is -0.496 e. The molecule has 1 aromatic carbocycles. The fraction of sp³-hybridized carbons (Fsp3) is 0.400. The molecule has 2 rings (SSSR count). The second-order valence-corrected chi connectivity index (χ2v) is 3.99. The molecule has 2 nitrogen and oxygen atoms in total. The lowest BCUT2D eigenvalue weighted by atomic mass is 10.0. The molecule has 0 bridgehead atoms. The first-order chi connectivity index (χ1) is 6.33. The molecular weight excluding hydrogens is 230 g/mol. The smallest absolute Gasteiger partial charge is 0.123 e. The van der Waals surface area contributed by atoms with Crippen molar-refractivity contribution in [3.8, 4) is 5.75 Å². The van der Waals surface area contributed by atoms with Crippen LogP contribution in [0.25, 0.3) is 0 Å². The first-order valence-corrected chi connectivity index (χ1v) is 5.17. The van der Waals surface area contributed by atoms with Crippen molar-refractivity contribution in [2.45, 2.75) is 13.0 Å². The van der Waals surface area contributed by atoms with Crippen molar-refractivity contribution in [1.82, 2.24) is 5.32 Å². The zero-order valence-electron chi connectivity index (χ0n) is 7.56. The van der Waals surface area contributed by atoms with Crippen molar-refractivity contribution in [1.29, 1.82) is 0 Å². The number of ether oxygens (including phenoxy) is 1. The summed E-state index contributed by atoms with van der Waals surface area (Å²) in [4.78, 5) is 0. The standard InChI is InChI=1S/C10H12BrNO/c1-13-10-3-2-9(11)7-4-5-12-6-8(7)10/h2-3,12H,4-6H2,1H3. The number of methoxy groups -OCH3 is 1. The molecule has 0 fully saturated rings. The van der Waals surface area contributed by atoms with E-state index in [2.05, 4.69) is 27.3 Å². The number of rotatable bonds is 1. The topological polar surface area (TPSA) is 21.3 Å². The molecule has 0 aliphatic carbocycles. The maximum atomic E-state index is 5.31. The van der Waals surface area contributed by atoms with E-state index in [4.69, 9.17) is 4.74 Å². The van der Waals surface area contributed by atoms with Gasteiger partial charge in [-0.05, 0) is 30.7 Å². The lowest BCUT2D eigenvalue weighted by molar-refractivity contribution is 0.404. The molecule has 0 atom stereocenters. The molecule has 0 radical (unpaired) electrons. The van der Waals surface area contributed by atoms with Gasteiger partial charge in [-0.3, -0.25) is 0 Å². The molecule has 3 heteroatoms. The highest BCUT2D eigenvalue weighted by Gasteiger charge is 2.15. The molecule has 13 heavy (non-hydrogen) atoms. The van der Waals surface area contributed by atoms with E-state index in [1.54, 1.807) is 7.11 Å². The highest BCUT2D eigenvalue weighted by atomic mass is 79.9. The van der Waals surface area contributed by atoms with Gasteiger partial charge in [0.05, 0.1) is 7.11 Å². The van der Waals surface area contributed by atoms with Gasteiger partial charge in [-0.2, -0.15) is 0 Å². The molecule has 0 aromatic heterocycles. The maximum Gasteiger partial charge on any atom is 0.123 e. The van der Waals surface area contributed by atoms with E-state index in [1.165, 1.54) is 15.6 Å². The van der Waals surface area contributed by atoms with Crippen molar-refractivity contribution in [2.75, 3.05) is 13.7 Å². The quantitative estimate of drug-likeness (QED) is 0.814. The van der Waals surface area contributed by atoms with E-state index < -0.39 is 0 Å². The van der Waals surface area contributed by atoms with Crippen molar-refractivity contribution < 1.29 is 4.74 Å². The largest absolute Gasteiger partial charge is 0.496 e. The van der Waals surface area contributed by atoms with Gasteiger partial charge in [0.25, 0.3) is 0 Å². The number of hydrogen-bond donors (Lipinski definition) is 1. The lowest BCUT2D eigenvalue weighted by Crippen LogP contribution is -2.24. The lowest BCUT2D eigenvalue weighted by Gasteiger charge is -2.20. The summed E-state index contributed by atoms with van der Waals surface area (Å²) in [5.41, 5.74) is 2.68. The number of halogens is 1. The molecule has 0 spiro atoms. The Morgan fingerprint density at radius 3 is 3.00 bits per heavy atom. The van der Waals surface area contributed by atoms with Gasteiger partial charge in [0, 0.05) is 16.6 Å². The van der Waals surface area contributed by atoms with Gasteiger partial charge in [0.2, 0.25) is 0 Å². The van der Waals surface area contributed by atoms with Gasteiger partial charge in [-0.15, -0.1) is 0 Å². The average molecular weight is 242 g/mol. The van der Waals surface area contributed by atoms with Gasteiger partial charge in [-0.25, -0.2) is 0 Å². The fourth-order valence-corrected chi connectivity index (χ4v) is 2.29. The normalized spacial score (nSPS) is 15.2. The monoisotopic (exact) mass is 241 g/mol. The number of benzene rings is 1. The van der Waals surface area contributed by atoms with Crippen LogP contribution >= 0.6 is 15.9 Å². The molecule has 0 unspecified atom stereocenters. The Morgan fingerprint density at radius 1 is 1.38 bits per heavy atom. The fourth-order valence-electron chi connectivity index (χ4n) is 1.73. The van der Waals surface area contributed by atoms with E-state index in [0.717, 1.165) is 25.3 Å². The Labute approximate surface area is 86.4 Å². The van der Waals surface area contributed by atoms with Crippen molar-refractivity contribution in [3.63, 3.8) is 0 Å². The summed E-state index contributed by atoms with van der Waals surface area (Å²) in [6.07, 6.45) is 1.08. The Hall–Kier alpha value is -0.540. The Balaban J connectivity index is 2.52. The minimum absolute atomic E-state index is 0.915. The van der Waals surface area contributed by atoms with Crippen LogP contribution in [-0.4, -0.2) is 13.7 Å². The number of fused-ring (bicyclic) bond motifs is 1. The van der Waals surface area contributed by atoms with E-state index in [1.807, 2.05) is 6.07 Å². The zero-order valence-corrected chi connectivity index (χ0v) is 9.15. The molecule has 70 valence electrons. The van der Waals surface area contributed by atoms with Gasteiger partial charge in [0.1, 0.15) is 5.75 Å². The molecule has 1 N–H and O–H groups in total.